The van der Waals surface area contributed by atoms with E-state index < -0.39 is 0 Å². The van der Waals surface area contributed by atoms with Crippen molar-refractivity contribution in [2.24, 2.45) is 0 Å². The zero-order chi connectivity index (χ0) is 15.6. The van der Waals surface area contributed by atoms with Crippen molar-refractivity contribution in [2.75, 3.05) is 0 Å². The molecule has 1 heteroatoms. The Hall–Kier alpha value is -2.41. The van der Waals surface area contributed by atoms with Gasteiger partial charge in [-0.1, -0.05) is 69.3 Å². The third-order valence-electron chi connectivity index (χ3n) is 3.91. The molecule has 1 heterocycles. The van der Waals surface area contributed by atoms with Crippen molar-refractivity contribution in [3.63, 3.8) is 0 Å². The Kier molecular flexibility index (Phi) is 3.81. The van der Waals surface area contributed by atoms with E-state index in [-0.39, 0.29) is 5.41 Å². The van der Waals surface area contributed by atoms with Crippen molar-refractivity contribution >= 4 is 0 Å². The predicted molar refractivity (Wildman–Crippen MR) is 93.8 cm³/mol. The Morgan fingerprint density at radius 3 is 2.05 bits per heavy atom. The van der Waals surface area contributed by atoms with Gasteiger partial charge < -0.3 is 0 Å². The van der Waals surface area contributed by atoms with Gasteiger partial charge in [-0.25, -0.2) is 0 Å². The maximum Gasteiger partial charge on any atom is 0.0702 e. The molecule has 0 bridgehead atoms. The van der Waals surface area contributed by atoms with Crippen LogP contribution in [0.5, 0.6) is 0 Å². The van der Waals surface area contributed by atoms with E-state index in [0.717, 1.165) is 11.3 Å². The lowest BCUT2D eigenvalue weighted by molar-refractivity contribution is 0.590. The van der Waals surface area contributed by atoms with Gasteiger partial charge in [0.15, 0.2) is 0 Å². The van der Waals surface area contributed by atoms with Crippen LogP contribution in [-0.4, -0.2) is 4.98 Å². The van der Waals surface area contributed by atoms with Crippen molar-refractivity contribution in [1.82, 2.24) is 4.98 Å². The van der Waals surface area contributed by atoms with Crippen molar-refractivity contribution in [3.05, 3.63) is 78.5 Å². The first kappa shape index (κ1) is 14.5. The SMILES string of the molecule is CC(C)(C)c1ccc(-c2cccc(-c3ccccn3)c2)cc1. The van der Waals surface area contributed by atoms with Gasteiger partial charge in [0.1, 0.15) is 0 Å². The molecule has 0 spiro atoms. The maximum atomic E-state index is 4.43. The highest BCUT2D eigenvalue weighted by Crippen LogP contribution is 2.28. The fourth-order valence-corrected chi connectivity index (χ4v) is 2.55. The topological polar surface area (TPSA) is 12.9 Å². The van der Waals surface area contributed by atoms with E-state index in [4.69, 9.17) is 0 Å². The van der Waals surface area contributed by atoms with E-state index in [9.17, 15) is 0 Å². The number of hydrogen-bond acceptors (Lipinski definition) is 1. The summed E-state index contributed by atoms with van der Waals surface area (Å²) in [6.07, 6.45) is 1.83. The van der Waals surface area contributed by atoms with Crippen molar-refractivity contribution in [1.29, 1.82) is 0 Å². The number of benzene rings is 2. The number of rotatable bonds is 2. The average molecular weight is 287 g/mol. The smallest absolute Gasteiger partial charge is 0.0702 e. The fraction of sp³-hybridized carbons (Fsp3) is 0.190. The molecule has 0 radical (unpaired) electrons. The molecule has 0 aliphatic carbocycles. The Balaban J connectivity index is 1.96. The van der Waals surface area contributed by atoms with E-state index in [1.807, 2.05) is 24.4 Å². The molecule has 0 aliphatic rings. The summed E-state index contributed by atoms with van der Waals surface area (Å²) in [7, 11) is 0. The molecule has 110 valence electrons. The Bertz CT molecular complexity index is 750. The van der Waals surface area contributed by atoms with Gasteiger partial charge in [0.05, 0.1) is 5.69 Å². The average Bonchev–Trinajstić information content (AvgIpc) is 2.55. The van der Waals surface area contributed by atoms with Gasteiger partial charge in [-0.2, -0.15) is 0 Å². The molecule has 0 unspecified atom stereocenters. The van der Waals surface area contributed by atoms with E-state index >= 15 is 0 Å². The van der Waals surface area contributed by atoms with E-state index in [1.165, 1.54) is 16.7 Å². The second kappa shape index (κ2) is 5.76. The van der Waals surface area contributed by atoms with Crippen LogP contribution < -0.4 is 0 Å². The summed E-state index contributed by atoms with van der Waals surface area (Å²) in [5.41, 5.74) is 6.18. The van der Waals surface area contributed by atoms with Crippen LogP contribution in [0.2, 0.25) is 0 Å². The lowest BCUT2D eigenvalue weighted by atomic mass is 9.86. The molecule has 3 rings (SSSR count). The quantitative estimate of drug-likeness (QED) is 0.588. The number of hydrogen-bond donors (Lipinski definition) is 0. The zero-order valence-electron chi connectivity index (χ0n) is 13.4. The number of aromatic nitrogens is 1. The molecule has 1 nitrogen and oxygen atoms in total. The molecule has 22 heavy (non-hydrogen) atoms. The third kappa shape index (κ3) is 3.09. The molecule has 0 N–H and O–H groups in total. The van der Waals surface area contributed by atoms with Crippen molar-refractivity contribution in [3.8, 4) is 22.4 Å². The minimum Gasteiger partial charge on any atom is -0.256 e. The van der Waals surface area contributed by atoms with Crippen LogP contribution in [0, 0.1) is 0 Å². The van der Waals surface area contributed by atoms with Crippen LogP contribution in [0.3, 0.4) is 0 Å². The minimum atomic E-state index is 0.189. The molecule has 2 aromatic carbocycles. The molecule has 0 fully saturated rings. The molecule has 0 atom stereocenters. The summed E-state index contributed by atoms with van der Waals surface area (Å²) in [5.74, 6) is 0. The first-order chi connectivity index (χ1) is 10.5. The normalized spacial score (nSPS) is 11.4. The molecule has 0 saturated heterocycles. The monoisotopic (exact) mass is 287 g/mol. The third-order valence-corrected chi connectivity index (χ3v) is 3.91. The van der Waals surface area contributed by atoms with Crippen molar-refractivity contribution in [2.45, 2.75) is 26.2 Å². The maximum absolute atomic E-state index is 4.43. The van der Waals surface area contributed by atoms with Crippen LogP contribution in [0.25, 0.3) is 22.4 Å². The Morgan fingerprint density at radius 1 is 0.682 bits per heavy atom. The van der Waals surface area contributed by atoms with Gasteiger partial charge in [-0.15, -0.1) is 0 Å². The van der Waals surface area contributed by atoms with E-state index in [2.05, 4.69) is 74.3 Å². The Morgan fingerprint density at radius 2 is 1.41 bits per heavy atom. The highest BCUT2D eigenvalue weighted by molar-refractivity contribution is 5.71. The van der Waals surface area contributed by atoms with Crippen LogP contribution in [0.1, 0.15) is 26.3 Å². The summed E-state index contributed by atoms with van der Waals surface area (Å²) in [6.45, 7) is 6.72. The van der Waals surface area contributed by atoms with Crippen LogP contribution in [0.4, 0.5) is 0 Å². The number of nitrogens with zero attached hydrogens (tertiary/aromatic N) is 1. The molecule has 0 aliphatic heterocycles. The second-order valence-electron chi connectivity index (χ2n) is 6.62. The molecular weight excluding hydrogens is 266 g/mol. The molecule has 0 amide bonds. The largest absolute Gasteiger partial charge is 0.256 e. The summed E-state index contributed by atoms with van der Waals surface area (Å²) in [4.78, 5) is 4.43. The zero-order valence-corrected chi connectivity index (χ0v) is 13.4. The first-order valence-corrected chi connectivity index (χ1v) is 7.66. The molecule has 0 saturated carbocycles. The summed E-state index contributed by atoms with van der Waals surface area (Å²) in [5, 5.41) is 0. The lowest BCUT2D eigenvalue weighted by Crippen LogP contribution is -2.10. The number of pyridine rings is 1. The molecule has 3 aromatic rings. The highest BCUT2D eigenvalue weighted by Gasteiger charge is 2.13. The van der Waals surface area contributed by atoms with Gasteiger partial charge >= 0.3 is 0 Å². The summed E-state index contributed by atoms with van der Waals surface area (Å²) < 4.78 is 0. The van der Waals surface area contributed by atoms with E-state index in [1.54, 1.807) is 0 Å². The summed E-state index contributed by atoms with van der Waals surface area (Å²) >= 11 is 0. The van der Waals surface area contributed by atoms with Gasteiger partial charge in [-0.05, 0) is 40.3 Å². The standard InChI is InChI=1S/C21H21N/c1-21(2,3)19-12-10-16(11-13-19)17-7-6-8-18(15-17)20-9-4-5-14-22-20/h4-15H,1-3H3. The Labute approximate surface area is 132 Å². The van der Waals surface area contributed by atoms with Crippen LogP contribution in [0.15, 0.2) is 72.9 Å². The second-order valence-corrected chi connectivity index (χ2v) is 6.62. The van der Waals surface area contributed by atoms with Crippen LogP contribution in [-0.2, 0) is 5.41 Å². The van der Waals surface area contributed by atoms with Crippen LogP contribution >= 0.6 is 0 Å². The van der Waals surface area contributed by atoms with Gasteiger partial charge in [0, 0.05) is 11.8 Å². The van der Waals surface area contributed by atoms with Gasteiger partial charge in [-0.3, -0.25) is 4.98 Å². The fourth-order valence-electron chi connectivity index (χ4n) is 2.55. The minimum absolute atomic E-state index is 0.189. The first-order valence-electron chi connectivity index (χ1n) is 7.66. The summed E-state index contributed by atoms with van der Waals surface area (Å²) in [6, 6.07) is 23.4. The lowest BCUT2D eigenvalue weighted by Gasteiger charge is -2.19. The van der Waals surface area contributed by atoms with Crippen molar-refractivity contribution < 1.29 is 0 Å². The van der Waals surface area contributed by atoms with E-state index in [0.29, 0.717) is 0 Å². The highest BCUT2D eigenvalue weighted by atomic mass is 14.7. The van der Waals surface area contributed by atoms with Gasteiger partial charge in [0.2, 0.25) is 0 Å². The molecule has 1 aromatic heterocycles. The molecular formula is C21H21N. The predicted octanol–water partition coefficient (Wildman–Crippen LogP) is 5.71. The van der Waals surface area contributed by atoms with Gasteiger partial charge in [0.25, 0.3) is 0 Å².